The quantitative estimate of drug-likeness (QED) is 0.805. The van der Waals surface area contributed by atoms with Crippen LogP contribution in [-0.2, 0) is 6.54 Å². The molecule has 0 aliphatic carbocycles. The van der Waals surface area contributed by atoms with Crippen molar-refractivity contribution in [3.63, 3.8) is 0 Å². The molecular weight excluding hydrogens is 276 g/mol. The van der Waals surface area contributed by atoms with Crippen LogP contribution in [0.15, 0.2) is 47.3 Å². The fourth-order valence-electron chi connectivity index (χ4n) is 2.22. The molecule has 0 amide bonds. The summed E-state index contributed by atoms with van der Waals surface area (Å²) in [5.74, 6) is 0.795. The van der Waals surface area contributed by atoms with E-state index in [2.05, 4.69) is 4.98 Å². The molecule has 3 aromatic rings. The zero-order valence-corrected chi connectivity index (χ0v) is 11.6. The number of nitrogens with one attached hydrogen (secondary N) is 1. The number of fused-ring (bicyclic) bond motifs is 1. The summed E-state index contributed by atoms with van der Waals surface area (Å²) in [4.78, 5) is 14.8. The second-order valence-corrected chi connectivity index (χ2v) is 4.91. The molecule has 0 spiro atoms. The normalized spacial score (nSPS) is 10.9. The Hall–Kier alpha value is -2.20. The molecule has 0 radical (unpaired) electrons. The number of hydrogen-bond donors (Lipinski definition) is 1. The van der Waals surface area contributed by atoms with Gasteiger partial charge in [0.1, 0.15) is 5.75 Å². The van der Waals surface area contributed by atoms with E-state index < -0.39 is 0 Å². The molecule has 20 heavy (non-hydrogen) atoms. The molecule has 0 fully saturated rings. The lowest BCUT2D eigenvalue weighted by molar-refractivity contribution is 0.414. The lowest BCUT2D eigenvalue weighted by Crippen LogP contribution is -2.17. The van der Waals surface area contributed by atoms with Crippen LogP contribution >= 0.6 is 11.6 Å². The van der Waals surface area contributed by atoms with Crippen molar-refractivity contribution in [2.75, 3.05) is 7.11 Å². The Balaban J connectivity index is 2.04. The van der Waals surface area contributed by atoms with E-state index in [1.54, 1.807) is 17.7 Å². The van der Waals surface area contributed by atoms with Crippen LogP contribution in [-0.4, -0.2) is 16.7 Å². The number of para-hydroxylation sites is 1. The molecule has 0 unspecified atom stereocenters. The second-order valence-electron chi connectivity index (χ2n) is 4.50. The number of methoxy groups -OCH3 is 1. The highest BCUT2D eigenvalue weighted by Gasteiger charge is 2.09. The first-order valence-electron chi connectivity index (χ1n) is 6.19. The van der Waals surface area contributed by atoms with E-state index in [1.807, 2.05) is 36.4 Å². The van der Waals surface area contributed by atoms with E-state index in [0.29, 0.717) is 17.1 Å². The molecular formula is C15H13ClN2O2. The standard InChI is InChI=1S/C15H13ClN2O2/c1-20-11-7-5-10(6-8-11)9-18-13-4-2-3-12(16)14(13)17-15(18)19/h2-8H,9H2,1H3,(H,17,19). The third-order valence-corrected chi connectivity index (χ3v) is 3.57. The molecule has 0 atom stereocenters. The first-order chi connectivity index (χ1) is 9.69. The number of hydrogen-bond acceptors (Lipinski definition) is 2. The van der Waals surface area contributed by atoms with E-state index >= 15 is 0 Å². The molecule has 2 aromatic carbocycles. The number of nitrogens with zero attached hydrogens (tertiary/aromatic N) is 1. The maximum atomic E-state index is 12.0. The zero-order chi connectivity index (χ0) is 14.1. The zero-order valence-electron chi connectivity index (χ0n) is 10.9. The Labute approximate surface area is 120 Å². The molecule has 0 aliphatic heterocycles. The van der Waals surface area contributed by atoms with E-state index in [-0.39, 0.29) is 5.69 Å². The summed E-state index contributed by atoms with van der Waals surface area (Å²) >= 11 is 6.08. The number of halogens is 1. The molecule has 1 heterocycles. The number of aromatic amines is 1. The SMILES string of the molecule is COc1ccc(Cn2c(=O)[nH]c3c(Cl)cccc32)cc1. The number of H-pyrrole nitrogens is 1. The summed E-state index contributed by atoms with van der Waals surface area (Å²) in [5, 5.41) is 0.549. The molecule has 102 valence electrons. The van der Waals surface area contributed by atoms with Crippen LogP contribution in [0.2, 0.25) is 5.02 Å². The molecule has 4 nitrogen and oxygen atoms in total. The predicted octanol–water partition coefficient (Wildman–Crippen LogP) is 3.04. The lowest BCUT2D eigenvalue weighted by atomic mass is 10.2. The molecule has 0 saturated heterocycles. The van der Waals surface area contributed by atoms with Gasteiger partial charge in [-0.15, -0.1) is 0 Å². The number of benzene rings is 2. The first-order valence-corrected chi connectivity index (χ1v) is 6.57. The second kappa shape index (κ2) is 5.06. The van der Waals surface area contributed by atoms with Gasteiger partial charge in [-0.1, -0.05) is 29.8 Å². The highest BCUT2D eigenvalue weighted by Crippen LogP contribution is 2.21. The van der Waals surface area contributed by atoms with Crippen molar-refractivity contribution in [1.82, 2.24) is 9.55 Å². The fourth-order valence-corrected chi connectivity index (χ4v) is 2.43. The topological polar surface area (TPSA) is 47.0 Å². The minimum atomic E-state index is -0.163. The summed E-state index contributed by atoms with van der Waals surface area (Å²) in [5.41, 5.74) is 2.34. The van der Waals surface area contributed by atoms with Crippen molar-refractivity contribution < 1.29 is 4.74 Å². The van der Waals surface area contributed by atoms with Gasteiger partial charge in [-0.25, -0.2) is 4.79 Å². The molecule has 0 saturated carbocycles. The molecule has 0 aliphatic rings. The molecule has 1 aromatic heterocycles. The van der Waals surface area contributed by atoms with Gasteiger partial charge in [-0.2, -0.15) is 0 Å². The van der Waals surface area contributed by atoms with Crippen LogP contribution in [0.25, 0.3) is 11.0 Å². The van der Waals surface area contributed by atoms with E-state index in [9.17, 15) is 4.79 Å². The average Bonchev–Trinajstić information content (AvgIpc) is 2.78. The summed E-state index contributed by atoms with van der Waals surface area (Å²) in [7, 11) is 1.63. The van der Waals surface area contributed by atoms with Crippen LogP contribution in [0, 0.1) is 0 Å². The van der Waals surface area contributed by atoms with Crippen LogP contribution < -0.4 is 10.4 Å². The maximum absolute atomic E-state index is 12.0. The van der Waals surface area contributed by atoms with Gasteiger partial charge in [0, 0.05) is 0 Å². The van der Waals surface area contributed by atoms with E-state index in [4.69, 9.17) is 16.3 Å². The molecule has 3 rings (SSSR count). The molecule has 5 heteroatoms. The predicted molar refractivity (Wildman–Crippen MR) is 79.7 cm³/mol. The van der Waals surface area contributed by atoms with Gasteiger partial charge in [0.2, 0.25) is 0 Å². The molecule has 0 bridgehead atoms. The minimum absolute atomic E-state index is 0.163. The lowest BCUT2D eigenvalue weighted by Gasteiger charge is -2.05. The summed E-state index contributed by atoms with van der Waals surface area (Å²) in [6.45, 7) is 0.489. The van der Waals surface area contributed by atoms with Crippen molar-refractivity contribution >= 4 is 22.6 Å². The van der Waals surface area contributed by atoms with Gasteiger partial charge in [-0.3, -0.25) is 4.57 Å². The fraction of sp³-hybridized carbons (Fsp3) is 0.133. The highest BCUT2D eigenvalue weighted by molar-refractivity contribution is 6.34. The van der Waals surface area contributed by atoms with Crippen molar-refractivity contribution in [2.45, 2.75) is 6.54 Å². The van der Waals surface area contributed by atoms with E-state index in [1.165, 1.54) is 0 Å². The van der Waals surface area contributed by atoms with Gasteiger partial charge >= 0.3 is 5.69 Å². The first kappa shape index (κ1) is 12.8. The van der Waals surface area contributed by atoms with Crippen molar-refractivity contribution in [3.8, 4) is 5.75 Å². The van der Waals surface area contributed by atoms with Gasteiger partial charge in [-0.05, 0) is 29.8 Å². The number of aromatic nitrogens is 2. The third kappa shape index (κ3) is 2.18. The van der Waals surface area contributed by atoms with Gasteiger partial charge in [0.25, 0.3) is 0 Å². The largest absolute Gasteiger partial charge is 0.497 e. The van der Waals surface area contributed by atoms with Crippen LogP contribution in [0.1, 0.15) is 5.56 Å². The number of ether oxygens (including phenoxy) is 1. The Bertz CT molecular complexity index is 803. The van der Waals surface area contributed by atoms with Gasteiger partial charge in [0.15, 0.2) is 0 Å². The monoisotopic (exact) mass is 288 g/mol. The van der Waals surface area contributed by atoms with Crippen molar-refractivity contribution in [3.05, 3.63) is 63.5 Å². The highest BCUT2D eigenvalue weighted by atomic mass is 35.5. The van der Waals surface area contributed by atoms with E-state index in [0.717, 1.165) is 16.8 Å². The minimum Gasteiger partial charge on any atom is -0.497 e. The third-order valence-electron chi connectivity index (χ3n) is 3.26. The number of imidazole rings is 1. The van der Waals surface area contributed by atoms with Crippen molar-refractivity contribution in [1.29, 1.82) is 0 Å². The molecule has 1 N–H and O–H groups in total. The maximum Gasteiger partial charge on any atom is 0.326 e. The van der Waals surface area contributed by atoms with Gasteiger partial charge in [0.05, 0.1) is 29.7 Å². The van der Waals surface area contributed by atoms with Crippen molar-refractivity contribution in [2.24, 2.45) is 0 Å². The smallest absolute Gasteiger partial charge is 0.326 e. The summed E-state index contributed by atoms with van der Waals surface area (Å²) in [6.07, 6.45) is 0. The Morgan fingerprint density at radius 1 is 1.20 bits per heavy atom. The van der Waals surface area contributed by atoms with Crippen LogP contribution in [0.4, 0.5) is 0 Å². The number of rotatable bonds is 3. The summed E-state index contributed by atoms with van der Waals surface area (Å²) in [6, 6.07) is 13.1. The van der Waals surface area contributed by atoms with Crippen LogP contribution in [0.3, 0.4) is 0 Å². The average molecular weight is 289 g/mol. The Morgan fingerprint density at radius 3 is 2.65 bits per heavy atom. The summed E-state index contributed by atoms with van der Waals surface area (Å²) < 4.78 is 6.79. The Kier molecular flexibility index (Phi) is 3.24. The Morgan fingerprint density at radius 2 is 1.95 bits per heavy atom. The van der Waals surface area contributed by atoms with Gasteiger partial charge < -0.3 is 9.72 Å². The van der Waals surface area contributed by atoms with Crippen LogP contribution in [0.5, 0.6) is 5.75 Å².